The van der Waals surface area contributed by atoms with Crippen LogP contribution in [0.5, 0.6) is 5.75 Å². The molecule has 0 saturated carbocycles. The zero-order chi connectivity index (χ0) is 18.0. The van der Waals surface area contributed by atoms with Gasteiger partial charge in [-0.2, -0.15) is 5.10 Å². The Bertz CT molecular complexity index is 752. The normalized spacial score (nSPS) is 17.0. The fourth-order valence-corrected chi connectivity index (χ4v) is 3.46. The molecule has 6 nitrogen and oxygen atoms in total. The molecule has 1 fully saturated rings. The number of hydrogen-bond donors (Lipinski definition) is 1. The van der Waals surface area contributed by atoms with Crippen LogP contribution in [-0.2, 0) is 6.54 Å². The van der Waals surface area contributed by atoms with Crippen LogP contribution in [0.1, 0.15) is 36.2 Å². The number of carbonyl (C=O) groups is 1. The fourth-order valence-electron chi connectivity index (χ4n) is 3.46. The van der Waals surface area contributed by atoms with E-state index in [1.54, 1.807) is 7.11 Å². The molecule has 1 unspecified atom stereocenters. The Balaban J connectivity index is 1.65. The smallest absolute Gasteiger partial charge is 0.321 e. The quantitative estimate of drug-likeness (QED) is 0.924. The van der Waals surface area contributed by atoms with Gasteiger partial charge in [0, 0.05) is 25.6 Å². The van der Waals surface area contributed by atoms with E-state index in [9.17, 15) is 4.79 Å². The van der Waals surface area contributed by atoms with Crippen molar-refractivity contribution < 1.29 is 9.53 Å². The molecule has 1 saturated heterocycles. The summed E-state index contributed by atoms with van der Waals surface area (Å²) in [5, 5.41) is 7.51. The second-order valence-electron chi connectivity index (χ2n) is 6.50. The van der Waals surface area contributed by atoms with Gasteiger partial charge in [0.05, 0.1) is 24.2 Å². The van der Waals surface area contributed by atoms with Gasteiger partial charge < -0.3 is 15.0 Å². The predicted molar refractivity (Wildman–Crippen MR) is 98.3 cm³/mol. The Morgan fingerprint density at radius 1 is 1.32 bits per heavy atom. The summed E-state index contributed by atoms with van der Waals surface area (Å²) in [4.78, 5) is 14.5. The molecule has 1 aliphatic heterocycles. The molecular formula is C19H26N4O2. The van der Waals surface area contributed by atoms with Crippen LogP contribution in [0.15, 0.2) is 24.3 Å². The maximum atomic E-state index is 12.7. The van der Waals surface area contributed by atoms with Crippen LogP contribution in [0.3, 0.4) is 0 Å². The number of anilines is 1. The number of likely N-dealkylation sites (tertiary alicyclic amines) is 1. The van der Waals surface area contributed by atoms with Crippen LogP contribution in [0, 0.1) is 13.8 Å². The molecule has 2 amide bonds. The van der Waals surface area contributed by atoms with Crippen molar-refractivity contribution in [2.24, 2.45) is 0 Å². The highest BCUT2D eigenvalue weighted by Gasteiger charge is 2.28. The van der Waals surface area contributed by atoms with E-state index in [1.807, 2.05) is 42.5 Å². The van der Waals surface area contributed by atoms with Gasteiger partial charge in [0.15, 0.2) is 0 Å². The number of nitrogens with one attached hydrogen (secondary N) is 1. The summed E-state index contributed by atoms with van der Waals surface area (Å²) in [6.45, 7) is 8.26. The molecule has 134 valence electrons. The molecule has 25 heavy (non-hydrogen) atoms. The van der Waals surface area contributed by atoms with Gasteiger partial charge in [-0.1, -0.05) is 12.1 Å². The molecule has 0 spiro atoms. The van der Waals surface area contributed by atoms with Crippen molar-refractivity contribution >= 4 is 11.7 Å². The molecule has 0 radical (unpaired) electrons. The van der Waals surface area contributed by atoms with Crippen LogP contribution in [0.4, 0.5) is 10.5 Å². The Labute approximate surface area is 148 Å². The molecule has 2 heterocycles. The number of benzene rings is 1. The Morgan fingerprint density at radius 3 is 2.64 bits per heavy atom. The fraction of sp³-hybridized carbons (Fsp3) is 0.474. The van der Waals surface area contributed by atoms with E-state index in [0.717, 1.165) is 48.9 Å². The molecule has 0 bridgehead atoms. The Hall–Kier alpha value is -2.50. The molecule has 6 heteroatoms. The van der Waals surface area contributed by atoms with Crippen LogP contribution >= 0.6 is 0 Å². The first kappa shape index (κ1) is 17.3. The van der Waals surface area contributed by atoms with E-state index in [0.29, 0.717) is 5.92 Å². The minimum Gasteiger partial charge on any atom is -0.497 e. The van der Waals surface area contributed by atoms with Gasteiger partial charge in [0.1, 0.15) is 5.75 Å². The highest BCUT2D eigenvalue weighted by atomic mass is 16.5. The van der Waals surface area contributed by atoms with E-state index < -0.39 is 0 Å². The summed E-state index contributed by atoms with van der Waals surface area (Å²) in [6, 6.07) is 8.08. The molecule has 2 aromatic rings. The van der Waals surface area contributed by atoms with Crippen molar-refractivity contribution in [3.8, 4) is 5.75 Å². The van der Waals surface area contributed by atoms with E-state index in [-0.39, 0.29) is 6.03 Å². The Kier molecular flexibility index (Phi) is 4.97. The summed E-state index contributed by atoms with van der Waals surface area (Å²) in [7, 11) is 1.67. The van der Waals surface area contributed by atoms with E-state index >= 15 is 0 Å². The van der Waals surface area contributed by atoms with Gasteiger partial charge in [-0.25, -0.2) is 4.79 Å². The molecule has 1 aliphatic rings. The maximum absolute atomic E-state index is 12.7. The molecule has 1 aromatic carbocycles. The number of ether oxygens (including phenoxy) is 1. The molecule has 1 atom stereocenters. The summed E-state index contributed by atoms with van der Waals surface area (Å²) >= 11 is 0. The van der Waals surface area contributed by atoms with Crippen LogP contribution < -0.4 is 10.1 Å². The third-order valence-electron chi connectivity index (χ3n) is 4.98. The minimum absolute atomic E-state index is 0.0436. The second-order valence-corrected chi connectivity index (χ2v) is 6.50. The first-order valence-corrected chi connectivity index (χ1v) is 8.77. The summed E-state index contributed by atoms with van der Waals surface area (Å²) < 4.78 is 7.12. The van der Waals surface area contributed by atoms with E-state index in [1.165, 1.54) is 5.56 Å². The van der Waals surface area contributed by atoms with Crippen molar-refractivity contribution in [2.45, 2.75) is 39.7 Å². The highest BCUT2D eigenvalue weighted by molar-refractivity contribution is 5.90. The van der Waals surface area contributed by atoms with E-state index in [2.05, 4.69) is 22.5 Å². The topological polar surface area (TPSA) is 59.4 Å². The Morgan fingerprint density at radius 2 is 2.04 bits per heavy atom. The molecule has 1 aromatic heterocycles. The zero-order valence-corrected chi connectivity index (χ0v) is 15.4. The monoisotopic (exact) mass is 342 g/mol. The SMILES string of the molecule is CCn1nc(C)c(NC(=O)N2CCC(c3ccc(OC)cc3)C2)c1C. The lowest BCUT2D eigenvalue weighted by Crippen LogP contribution is -2.33. The first-order chi connectivity index (χ1) is 12.0. The number of carbonyl (C=O) groups excluding carboxylic acids is 1. The van der Waals surface area contributed by atoms with Gasteiger partial charge in [-0.05, 0) is 44.9 Å². The second kappa shape index (κ2) is 7.17. The lowest BCUT2D eigenvalue weighted by Gasteiger charge is -2.18. The number of hydrogen-bond acceptors (Lipinski definition) is 3. The average molecular weight is 342 g/mol. The largest absolute Gasteiger partial charge is 0.497 e. The highest BCUT2D eigenvalue weighted by Crippen LogP contribution is 2.29. The maximum Gasteiger partial charge on any atom is 0.321 e. The molecule has 1 N–H and O–H groups in total. The lowest BCUT2D eigenvalue weighted by molar-refractivity contribution is 0.222. The number of urea groups is 1. The summed E-state index contributed by atoms with van der Waals surface area (Å²) in [5.74, 6) is 1.23. The number of aromatic nitrogens is 2. The van der Waals surface area contributed by atoms with Gasteiger partial charge in [-0.15, -0.1) is 0 Å². The number of aryl methyl sites for hydroxylation is 2. The number of methoxy groups -OCH3 is 1. The summed E-state index contributed by atoms with van der Waals surface area (Å²) in [6.07, 6.45) is 0.978. The molecule has 3 rings (SSSR count). The lowest BCUT2D eigenvalue weighted by atomic mass is 9.98. The summed E-state index contributed by atoms with van der Waals surface area (Å²) in [5.41, 5.74) is 3.94. The number of nitrogens with zero attached hydrogens (tertiary/aromatic N) is 3. The van der Waals surface area contributed by atoms with Gasteiger partial charge in [0.2, 0.25) is 0 Å². The first-order valence-electron chi connectivity index (χ1n) is 8.77. The number of rotatable bonds is 4. The average Bonchev–Trinajstić information content (AvgIpc) is 3.22. The van der Waals surface area contributed by atoms with Crippen LogP contribution in [-0.4, -0.2) is 40.9 Å². The molecule has 0 aliphatic carbocycles. The van der Waals surface area contributed by atoms with Crippen molar-refractivity contribution in [2.75, 3.05) is 25.5 Å². The third-order valence-corrected chi connectivity index (χ3v) is 4.98. The van der Waals surface area contributed by atoms with Crippen LogP contribution in [0.2, 0.25) is 0 Å². The van der Waals surface area contributed by atoms with Crippen molar-refractivity contribution in [1.82, 2.24) is 14.7 Å². The standard InChI is InChI=1S/C19H26N4O2/c1-5-23-14(3)18(13(2)21-23)20-19(24)22-11-10-16(12-22)15-6-8-17(25-4)9-7-15/h6-9,16H,5,10-12H2,1-4H3,(H,20,24). The van der Waals surface area contributed by atoms with Gasteiger partial charge in [0.25, 0.3) is 0 Å². The van der Waals surface area contributed by atoms with E-state index in [4.69, 9.17) is 4.74 Å². The molecular weight excluding hydrogens is 316 g/mol. The third kappa shape index (κ3) is 3.48. The zero-order valence-electron chi connectivity index (χ0n) is 15.4. The van der Waals surface area contributed by atoms with Crippen molar-refractivity contribution in [3.63, 3.8) is 0 Å². The van der Waals surface area contributed by atoms with Crippen molar-refractivity contribution in [1.29, 1.82) is 0 Å². The van der Waals surface area contributed by atoms with Gasteiger partial charge in [-0.3, -0.25) is 4.68 Å². The predicted octanol–water partition coefficient (Wildman–Crippen LogP) is 3.55. The minimum atomic E-state index is -0.0436. The van der Waals surface area contributed by atoms with Crippen molar-refractivity contribution in [3.05, 3.63) is 41.2 Å². The van der Waals surface area contributed by atoms with Crippen LogP contribution in [0.25, 0.3) is 0 Å². The van der Waals surface area contributed by atoms with Gasteiger partial charge >= 0.3 is 6.03 Å². The number of amides is 2.